The third-order valence-corrected chi connectivity index (χ3v) is 4.97. The van der Waals surface area contributed by atoms with Crippen LogP contribution in [-0.2, 0) is 16.1 Å². The van der Waals surface area contributed by atoms with Crippen LogP contribution in [0.3, 0.4) is 0 Å². The summed E-state index contributed by atoms with van der Waals surface area (Å²) in [7, 11) is 0. The third kappa shape index (κ3) is 6.37. The van der Waals surface area contributed by atoms with Gasteiger partial charge in [-0.15, -0.1) is 0 Å². The molecule has 0 aromatic carbocycles. The molecule has 0 bridgehead atoms. The Morgan fingerprint density at radius 1 is 1.13 bits per heavy atom. The topological polar surface area (TPSA) is 106 Å². The van der Waals surface area contributed by atoms with Crippen LogP contribution in [0.2, 0.25) is 0 Å². The van der Waals surface area contributed by atoms with E-state index in [1.807, 2.05) is 37.6 Å². The van der Waals surface area contributed by atoms with Crippen LogP contribution in [0.15, 0.2) is 41.1 Å². The summed E-state index contributed by atoms with van der Waals surface area (Å²) in [5.41, 5.74) is -0.0290. The average Bonchev–Trinajstić information content (AvgIpc) is 3.41. The molecule has 1 aliphatic rings. The Morgan fingerprint density at radius 3 is 2.52 bits per heavy atom. The predicted octanol–water partition coefficient (Wildman–Crippen LogP) is 2.70. The maximum atomic E-state index is 12.6. The molecule has 31 heavy (non-hydrogen) atoms. The van der Waals surface area contributed by atoms with E-state index in [0.29, 0.717) is 24.5 Å². The zero-order chi connectivity index (χ0) is 22.4. The van der Waals surface area contributed by atoms with Gasteiger partial charge in [0.1, 0.15) is 17.1 Å². The number of aromatic nitrogens is 1. The van der Waals surface area contributed by atoms with Gasteiger partial charge in [0.15, 0.2) is 0 Å². The van der Waals surface area contributed by atoms with E-state index in [9.17, 15) is 14.4 Å². The number of carbonyl (C=O) groups excluding carboxylic acids is 3. The first-order chi connectivity index (χ1) is 14.7. The van der Waals surface area contributed by atoms with Gasteiger partial charge in [-0.25, -0.2) is 4.79 Å². The Bertz CT molecular complexity index is 889. The van der Waals surface area contributed by atoms with Crippen molar-refractivity contribution in [1.82, 2.24) is 20.1 Å². The highest BCUT2D eigenvalue weighted by Gasteiger charge is 2.28. The van der Waals surface area contributed by atoms with Crippen LogP contribution >= 0.6 is 0 Å². The van der Waals surface area contributed by atoms with Crippen LogP contribution in [0, 0.1) is 0 Å². The molecule has 168 valence electrons. The van der Waals surface area contributed by atoms with E-state index < -0.39 is 5.60 Å². The Labute approximate surface area is 181 Å². The molecule has 2 aromatic rings. The fourth-order valence-corrected chi connectivity index (χ4v) is 3.47. The Balaban J connectivity index is 1.48. The van der Waals surface area contributed by atoms with Crippen LogP contribution < -0.4 is 10.6 Å². The minimum absolute atomic E-state index is 0.0993. The lowest BCUT2D eigenvalue weighted by Gasteiger charge is -2.34. The average molecular weight is 431 g/mol. The highest BCUT2D eigenvalue weighted by molar-refractivity contribution is 5.95. The van der Waals surface area contributed by atoms with Gasteiger partial charge < -0.3 is 29.3 Å². The van der Waals surface area contributed by atoms with Crippen LogP contribution in [0.4, 0.5) is 4.79 Å². The SMILES string of the molecule is CC(C)(C)OC(=O)N1CCC(n2cccc2C(=O)NCC(=O)NCc2ccco2)CC1. The first-order valence-electron chi connectivity index (χ1n) is 10.4. The highest BCUT2D eigenvalue weighted by Crippen LogP contribution is 2.25. The van der Waals surface area contributed by atoms with E-state index >= 15 is 0 Å². The Morgan fingerprint density at radius 2 is 1.87 bits per heavy atom. The molecule has 9 nitrogen and oxygen atoms in total. The van der Waals surface area contributed by atoms with Crippen molar-refractivity contribution in [1.29, 1.82) is 0 Å². The fraction of sp³-hybridized carbons (Fsp3) is 0.500. The van der Waals surface area contributed by atoms with E-state index in [4.69, 9.17) is 9.15 Å². The lowest BCUT2D eigenvalue weighted by Crippen LogP contribution is -2.42. The summed E-state index contributed by atoms with van der Waals surface area (Å²) in [4.78, 5) is 38.5. The molecule has 0 atom stereocenters. The summed E-state index contributed by atoms with van der Waals surface area (Å²) in [5, 5.41) is 5.35. The summed E-state index contributed by atoms with van der Waals surface area (Å²) in [6.07, 6.45) is 4.53. The molecule has 2 N–H and O–H groups in total. The number of nitrogens with one attached hydrogen (secondary N) is 2. The van der Waals surface area contributed by atoms with Crippen molar-refractivity contribution in [3.05, 3.63) is 48.2 Å². The van der Waals surface area contributed by atoms with Gasteiger partial charge in [0, 0.05) is 25.3 Å². The number of carbonyl (C=O) groups is 3. The second kappa shape index (κ2) is 9.72. The van der Waals surface area contributed by atoms with Crippen LogP contribution in [0.25, 0.3) is 0 Å². The molecule has 0 saturated carbocycles. The van der Waals surface area contributed by atoms with Crippen molar-refractivity contribution in [3.8, 4) is 0 Å². The van der Waals surface area contributed by atoms with Gasteiger partial charge in [-0.3, -0.25) is 9.59 Å². The standard InChI is InChI=1S/C22H30N4O5/c1-22(2,3)31-21(29)25-11-8-16(9-12-25)26-10-4-7-18(26)20(28)24-15-19(27)23-14-17-6-5-13-30-17/h4-7,10,13,16H,8-9,11-12,14-15H2,1-3H3,(H,23,27)(H,24,28). The number of rotatable bonds is 6. The maximum absolute atomic E-state index is 12.6. The minimum Gasteiger partial charge on any atom is -0.467 e. The molecule has 0 radical (unpaired) electrons. The van der Waals surface area contributed by atoms with E-state index in [1.54, 1.807) is 23.1 Å². The van der Waals surface area contributed by atoms with Crippen molar-refractivity contribution in [3.63, 3.8) is 0 Å². The van der Waals surface area contributed by atoms with Crippen LogP contribution in [0.1, 0.15) is 55.9 Å². The zero-order valence-electron chi connectivity index (χ0n) is 18.2. The number of piperidine rings is 1. The van der Waals surface area contributed by atoms with E-state index in [2.05, 4.69) is 10.6 Å². The molecule has 9 heteroatoms. The quantitative estimate of drug-likeness (QED) is 0.733. The van der Waals surface area contributed by atoms with Gasteiger partial charge >= 0.3 is 6.09 Å². The number of likely N-dealkylation sites (tertiary alicyclic amines) is 1. The normalized spacial score (nSPS) is 14.9. The number of hydrogen-bond acceptors (Lipinski definition) is 5. The summed E-state index contributed by atoms with van der Waals surface area (Å²) in [5.74, 6) is 0.0347. The van der Waals surface area contributed by atoms with Crippen LogP contribution in [-0.4, -0.2) is 52.6 Å². The number of hydrogen-bond donors (Lipinski definition) is 2. The van der Waals surface area contributed by atoms with E-state index in [0.717, 1.165) is 12.8 Å². The number of amides is 3. The minimum atomic E-state index is -0.524. The molecule has 1 fully saturated rings. The molecule has 3 heterocycles. The number of nitrogens with zero attached hydrogens (tertiary/aromatic N) is 2. The van der Waals surface area contributed by atoms with Gasteiger partial charge in [-0.2, -0.15) is 0 Å². The van der Waals surface area contributed by atoms with E-state index in [1.165, 1.54) is 6.26 Å². The first kappa shape index (κ1) is 22.5. The zero-order valence-corrected chi connectivity index (χ0v) is 18.2. The fourth-order valence-electron chi connectivity index (χ4n) is 3.47. The van der Waals surface area contributed by atoms with Gasteiger partial charge in [-0.1, -0.05) is 0 Å². The Kier molecular flexibility index (Phi) is 7.04. The molecule has 0 spiro atoms. The molecule has 3 rings (SSSR count). The van der Waals surface area contributed by atoms with Gasteiger partial charge in [0.05, 0.1) is 19.4 Å². The molecule has 1 aliphatic heterocycles. The lowest BCUT2D eigenvalue weighted by atomic mass is 10.0. The largest absolute Gasteiger partial charge is 0.467 e. The van der Waals surface area contributed by atoms with Crippen molar-refractivity contribution < 1.29 is 23.5 Å². The first-order valence-corrected chi connectivity index (χ1v) is 10.4. The molecule has 0 unspecified atom stereocenters. The Hall–Kier alpha value is -3.23. The summed E-state index contributed by atoms with van der Waals surface area (Å²) < 4.78 is 12.5. The van der Waals surface area contributed by atoms with Gasteiger partial charge in [0.2, 0.25) is 5.91 Å². The smallest absolute Gasteiger partial charge is 0.410 e. The maximum Gasteiger partial charge on any atom is 0.410 e. The van der Waals surface area contributed by atoms with Gasteiger partial charge in [0.25, 0.3) is 5.91 Å². The lowest BCUT2D eigenvalue weighted by molar-refractivity contribution is -0.120. The highest BCUT2D eigenvalue weighted by atomic mass is 16.6. The van der Waals surface area contributed by atoms with Crippen molar-refractivity contribution in [2.24, 2.45) is 0 Å². The molecule has 2 aromatic heterocycles. The van der Waals surface area contributed by atoms with Crippen molar-refractivity contribution >= 4 is 17.9 Å². The molecule has 1 saturated heterocycles. The number of ether oxygens (including phenoxy) is 1. The third-order valence-electron chi connectivity index (χ3n) is 4.97. The monoisotopic (exact) mass is 430 g/mol. The second-order valence-corrected chi connectivity index (χ2v) is 8.54. The van der Waals surface area contributed by atoms with Crippen molar-refractivity contribution in [2.75, 3.05) is 19.6 Å². The molecular weight excluding hydrogens is 400 g/mol. The summed E-state index contributed by atoms with van der Waals surface area (Å²) >= 11 is 0. The van der Waals surface area contributed by atoms with Crippen molar-refractivity contribution in [2.45, 2.75) is 51.8 Å². The molecule has 3 amide bonds. The number of furan rings is 1. The molecular formula is C22H30N4O5. The summed E-state index contributed by atoms with van der Waals surface area (Å²) in [6, 6.07) is 7.15. The van der Waals surface area contributed by atoms with E-state index in [-0.39, 0.29) is 37.0 Å². The predicted molar refractivity (Wildman–Crippen MR) is 113 cm³/mol. The van der Waals surface area contributed by atoms with Gasteiger partial charge in [-0.05, 0) is 57.9 Å². The molecule has 0 aliphatic carbocycles. The summed E-state index contributed by atoms with van der Waals surface area (Å²) in [6.45, 7) is 6.82. The second-order valence-electron chi connectivity index (χ2n) is 8.54. The van der Waals surface area contributed by atoms with Crippen LogP contribution in [0.5, 0.6) is 0 Å².